The number of hydrogen-bond acceptors (Lipinski definition) is 4. The van der Waals surface area contributed by atoms with Crippen LogP contribution < -0.4 is 4.90 Å². The Morgan fingerprint density at radius 3 is 2.89 bits per heavy atom. The lowest BCUT2D eigenvalue weighted by Crippen LogP contribution is -2.28. The summed E-state index contributed by atoms with van der Waals surface area (Å²) >= 11 is 3.38. The second kappa shape index (κ2) is 5.85. The van der Waals surface area contributed by atoms with Crippen molar-refractivity contribution in [1.29, 1.82) is 10.5 Å². The van der Waals surface area contributed by atoms with Gasteiger partial charge in [0.05, 0.1) is 25.2 Å². The fourth-order valence-electron chi connectivity index (χ4n) is 2.15. The van der Waals surface area contributed by atoms with E-state index >= 15 is 0 Å². The van der Waals surface area contributed by atoms with Gasteiger partial charge in [0.1, 0.15) is 11.6 Å². The number of carbonyl (C=O) groups is 1. The van der Waals surface area contributed by atoms with Crippen molar-refractivity contribution in [2.24, 2.45) is 5.92 Å². The molecule has 6 nitrogen and oxygen atoms in total. The molecule has 1 unspecified atom stereocenters. The van der Waals surface area contributed by atoms with Gasteiger partial charge in [-0.15, -0.1) is 0 Å². The average molecular weight is 322 g/mol. The van der Waals surface area contributed by atoms with Gasteiger partial charge >= 0.3 is 0 Å². The smallest absolute Gasteiger partial charge is 0.228 e. The summed E-state index contributed by atoms with van der Waals surface area (Å²) in [5.74, 6) is 0.768. The fraction of sp³-hybridized carbons (Fsp3) is 0.500. The van der Waals surface area contributed by atoms with Gasteiger partial charge in [-0.1, -0.05) is 15.9 Å². The largest absolute Gasteiger partial charge is 0.296 e. The third-order valence-corrected chi connectivity index (χ3v) is 3.96. The third kappa shape index (κ3) is 2.61. The highest BCUT2D eigenvalue weighted by Gasteiger charge is 2.33. The van der Waals surface area contributed by atoms with Crippen molar-refractivity contribution in [1.82, 2.24) is 9.78 Å². The molecule has 1 saturated heterocycles. The first kappa shape index (κ1) is 13.6. The van der Waals surface area contributed by atoms with Crippen molar-refractivity contribution in [2.45, 2.75) is 19.4 Å². The van der Waals surface area contributed by atoms with E-state index in [2.05, 4.69) is 27.1 Å². The lowest BCUT2D eigenvalue weighted by molar-refractivity contribution is -0.117. The molecular formula is C12H12BrN5O. The highest BCUT2D eigenvalue weighted by atomic mass is 79.9. The molecule has 0 radical (unpaired) electrons. The molecule has 0 aromatic carbocycles. The van der Waals surface area contributed by atoms with Crippen LogP contribution in [0.2, 0.25) is 0 Å². The van der Waals surface area contributed by atoms with Crippen LogP contribution in [-0.4, -0.2) is 27.6 Å². The van der Waals surface area contributed by atoms with Crippen molar-refractivity contribution in [2.75, 3.05) is 16.8 Å². The predicted octanol–water partition coefficient (Wildman–Crippen LogP) is 1.42. The number of anilines is 1. The zero-order chi connectivity index (χ0) is 13.8. The van der Waals surface area contributed by atoms with E-state index in [-0.39, 0.29) is 11.8 Å². The van der Waals surface area contributed by atoms with E-state index in [4.69, 9.17) is 10.5 Å². The van der Waals surface area contributed by atoms with Crippen molar-refractivity contribution in [3.05, 3.63) is 11.8 Å². The summed E-state index contributed by atoms with van der Waals surface area (Å²) in [6.07, 6.45) is 2.21. The van der Waals surface area contributed by atoms with Crippen LogP contribution in [0.4, 0.5) is 5.82 Å². The van der Waals surface area contributed by atoms with E-state index in [9.17, 15) is 4.79 Å². The fourth-order valence-corrected chi connectivity index (χ4v) is 2.59. The van der Waals surface area contributed by atoms with Crippen molar-refractivity contribution >= 4 is 27.7 Å². The molecule has 2 heterocycles. The van der Waals surface area contributed by atoms with E-state index in [0.29, 0.717) is 37.3 Å². The maximum atomic E-state index is 12.0. The quantitative estimate of drug-likeness (QED) is 0.785. The Balaban J connectivity index is 2.33. The lowest BCUT2D eigenvalue weighted by atomic mass is 10.2. The van der Waals surface area contributed by atoms with Gasteiger partial charge in [0.2, 0.25) is 5.91 Å². The highest BCUT2D eigenvalue weighted by Crippen LogP contribution is 2.28. The van der Waals surface area contributed by atoms with Crippen LogP contribution in [0.3, 0.4) is 0 Å². The molecular weight excluding hydrogens is 310 g/mol. The number of nitrogens with zero attached hydrogens (tertiary/aromatic N) is 5. The summed E-state index contributed by atoms with van der Waals surface area (Å²) in [7, 11) is 0. The van der Waals surface area contributed by atoms with Gasteiger partial charge < -0.3 is 0 Å². The van der Waals surface area contributed by atoms with Crippen LogP contribution in [0.1, 0.15) is 18.4 Å². The third-order valence-electron chi connectivity index (χ3n) is 3.05. The SMILES string of the molecule is N#CCCn1ncc(C#N)c1N1CC(CBr)CC1=O. The highest BCUT2D eigenvalue weighted by molar-refractivity contribution is 9.09. The van der Waals surface area contributed by atoms with E-state index < -0.39 is 0 Å². The Morgan fingerprint density at radius 2 is 2.32 bits per heavy atom. The number of aromatic nitrogens is 2. The standard InChI is InChI=1S/C12H12BrN5O/c13-5-9-4-11(19)17(8-9)12-10(6-15)7-16-18(12)3-1-2-14/h7,9H,1,3-5,8H2. The van der Waals surface area contributed by atoms with Gasteiger partial charge in [-0.2, -0.15) is 15.6 Å². The zero-order valence-corrected chi connectivity index (χ0v) is 11.8. The summed E-state index contributed by atoms with van der Waals surface area (Å²) in [5, 5.41) is 22.6. The van der Waals surface area contributed by atoms with Gasteiger partial charge in [0, 0.05) is 18.3 Å². The molecule has 1 atom stereocenters. The van der Waals surface area contributed by atoms with Crippen LogP contribution >= 0.6 is 15.9 Å². The summed E-state index contributed by atoms with van der Waals surface area (Å²) in [4.78, 5) is 13.6. The van der Waals surface area contributed by atoms with Gasteiger partial charge in [0.15, 0.2) is 5.82 Å². The molecule has 1 aliphatic rings. The van der Waals surface area contributed by atoms with Gasteiger partial charge in [0.25, 0.3) is 0 Å². The van der Waals surface area contributed by atoms with E-state index in [0.717, 1.165) is 5.33 Å². The number of carbonyl (C=O) groups excluding carboxylic acids is 1. The van der Waals surface area contributed by atoms with Crippen LogP contribution in [0.5, 0.6) is 0 Å². The number of nitriles is 2. The topological polar surface area (TPSA) is 85.7 Å². The number of halogens is 1. The van der Waals surface area contributed by atoms with E-state index in [1.807, 2.05) is 6.07 Å². The molecule has 1 amide bonds. The minimum absolute atomic E-state index is 0.000317. The molecule has 1 aromatic rings. The molecule has 0 bridgehead atoms. The van der Waals surface area contributed by atoms with Crippen molar-refractivity contribution in [3.63, 3.8) is 0 Å². The molecule has 98 valence electrons. The molecule has 0 saturated carbocycles. The minimum Gasteiger partial charge on any atom is -0.296 e. The van der Waals surface area contributed by atoms with E-state index in [1.54, 1.807) is 9.58 Å². The van der Waals surface area contributed by atoms with Crippen molar-refractivity contribution in [3.8, 4) is 12.1 Å². The summed E-state index contributed by atoms with van der Waals surface area (Å²) < 4.78 is 1.57. The summed E-state index contributed by atoms with van der Waals surface area (Å²) in [6, 6.07) is 4.09. The number of aryl methyl sites for hydroxylation is 1. The Morgan fingerprint density at radius 1 is 1.53 bits per heavy atom. The molecule has 0 spiro atoms. The molecule has 2 rings (SSSR count). The molecule has 1 aliphatic heterocycles. The first-order valence-corrected chi connectivity index (χ1v) is 7.02. The van der Waals surface area contributed by atoms with Gasteiger partial charge in [-0.25, -0.2) is 4.68 Å². The Bertz CT molecular complexity index is 568. The van der Waals surface area contributed by atoms with Crippen LogP contribution in [0.25, 0.3) is 0 Å². The molecule has 0 N–H and O–H groups in total. The van der Waals surface area contributed by atoms with Gasteiger partial charge in [-0.3, -0.25) is 9.69 Å². The Kier molecular flexibility index (Phi) is 4.18. The predicted molar refractivity (Wildman–Crippen MR) is 71.4 cm³/mol. The number of hydrogen-bond donors (Lipinski definition) is 0. The van der Waals surface area contributed by atoms with Crippen LogP contribution in [-0.2, 0) is 11.3 Å². The molecule has 19 heavy (non-hydrogen) atoms. The van der Waals surface area contributed by atoms with E-state index in [1.165, 1.54) is 6.20 Å². The summed E-state index contributed by atoms with van der Waals surface area (Å²) in [6.45, 7) is 0.966. The maximum Gasteiger partial charge on any atom is 0.228 e. The average Bonchev–Trinajstić information content (AvgIpc) is 2.98. The lowest BCUT2D eigenvalue weighted by Gasteiger charge is -2.18. The molecule has 0 aliphatic carbocycles. The second-order valence-corrected chi connectivity index (χ2v) is 5.00. The van der Waals surface area contributed by atoms with Crippen LogP contribution in [0, 0.1) is 28.6 Å². The monoisotopic (exact) mass is 321 g/mol. The molecule has 1 fully saturated rings. The minimum atomic E-state index is -0.000317. The normalized spacial score (nSPS) is 18.4. The zero-order valence-electron chi connectivity index (χ0n) is 10.2. The molecule has 7 heteroatoms. The number of amides is 1. The Hall–Kier alpha value is -1.86. The summed E-state index contributed by atoms with van der Waals surface area (Å²) in [5.41, 5.74) is 0.376. The van der Waals surface area contributed by atoms with Gasteiger partial charge in [-0.05, 0) is 5.92 Å². The Labute approximate surface area is 119 Å². The number of alkyl halides is 1. The molecule has 1 aromatic heterocycles. The number of rotatable bonds is 4. The first-order valence-electron chi connectivity index (χ1n) is 5.90. The van der Waals surface area contributed by atoms with Crippen LogP contribution in [0.15, 0.2) is 6.20 Å². The first-order chi connectivity index (χ1) is 9.21. The second-order valence-electron chi connectivity index (χ2n) is 4.35. The maximum absolute atomic E-state index is 12.0. The van der Waals surface area contributed by atoms with Crippen molar-refractivity contribution < 1.29 is 4.79 Å².